The lowest BCUT2D eigenvalue weighted by molar-refractivity contribution is -0.113. The van der Waals surface area contributed by atoms with Crippen LogP contribution in [0.4, 0.5) is 10.5 Å². The Bertz CT molecular complexity index is 860. The fourth-order valence-electron chi connectivity index (χ4n) is 2.46. The van der Waals surface area contributed by atoms with Crippen molar-refractivity contribution in [2.24, 2.45) is 0 Å². The lowest BCUT2D eigenvalue weighted by Gasteiger charge is -2.12. The summed E-state index contributed by atoms with van der Waals surface area (Å²) in [6.07, 6.45) is 1.60. The highest BCUT2D eigenvalue weighted by Gasteiger charge is 2.36. The van der Waals surface area contributed by atoms with Crippen molar-refractivity contribution in [2.75, 3.05) is 19.1 Å². The molecule has 6 nitrogen and oxygen atoms in total. The van der Waals surface area contributed by atoms with Crippen LogP contribution < -0.4 is 14.4 Å². The molecule has 3 rings (SSSR count). The highest BCUT2D eigenvalue weighted by Crippen LogP contribution is 2.39. The smallest absolute Gasteiger partial charge is 0.298 e. The number of benzene rings is 2. The van der Waals surface area contributed by atoms with Gasteiger partial charge in [-0.3, -0.25) is 9.59 Å². The van der Waals surface area contributed by atoms with Crippen LogP contribution >= 0.6 is 11.8 Å². The normalized spacial score (nSPS) is 15.8. The Morgan fingerprint density at radius 3 is 2.40 bits per heavy atom. The molecule has 2 aromatic carbocycles. The molecule has 0 aromatic heterocycles. The molecule has 0 atom stereocenters. The summed E-state index contributed by atoms with van der Waals surface area (Å²) in [5.41, 5.74) is 1.04. The summed E-state index contributed by atoms with van der Waals surface area (Å²) >= 11 is 0.848. The first-order valence-corrected chi connectivity index (χ1v) is 8.14. The van der Waals surface area contributed by atoms with E-state index in [0.29, 0.717) is 22.7 Å². The predicted molar refractivity (Wildman–Crippen MR) is 96.1 cm³/mol. The number of phenolic OH excluding ortho intramolecular Hbond substituents is 1. The molecule has 0 aliphatic carbocycles. The molecule has 1 N–H and O–H groups in total. The lowest BCUT2D eigenvalue weighted by atomic mass is 10.1. The van der Waals surface area contributed by atoms with Crippen LogP contribution in [-0.4, -0.2) is 30.5 Å². The summed E-state index contributed by atoms with van der Waals surface area (Å²) in [6.45, 7) is 0. The van der Waals surface area contributed by atoms with E-state index >= 15 is 0 Å². The van der Waals surface area contributed by atoms with Gasteiger partial charge in [0.2, 0.25) is 0 Å². The number of carbonyl (C=O) groups is 2. The van der Waals surface area contributed by atoms with Crippen LogP contribution in [0.1, 0.15) is 5.56 Å². The van der Waals surface area contributed by atoms with Crippen molar-refractivity contribution < 1.29 is 24.2 Å². The molecule has 1 aliphatic rings. The third kappa shape index (κ3) is 3.18. The van der Waals surface area contributed by atoms with Gasteiger partial charge in [0.05, 0.1) is 24.8 Å². The molecule has 0 bridgehead atoms. The van der Waals surface area contributed by atoms with Gasteiger partial charge in [0.15, 0.2) is 11.5 Å². The van der Waals surface area contributed by atoms with E-state index < -0.39 is 11.1 Å². The van der Waals surface area contributed by atoms with Gasteiger partial charge in [0, 0.05) is 5.56 Å². The number of carbonyl (C=O) groups excluding carboxylic acids is 2. The van der Waals surface area contributed by atoms with Crippen molar-refractivity contribution >= 4 is 34.7 Å². The van der Waals surface area contributed by atoms with E-state index in [-0.39, 0.29) is 10.7 Å². The monoisotopic (exact) mass is 357 g/mol. The first-order valence-electron chi connectivity index (χ1n) is 7.33. The molecular weight excluding hydrogens is 342 g/mol. The third-order valence-electron chi connectivity index (χ3n) is 3.62. The molecule has 7 heteroatoms. The Labute approximate surface area is 148 Å². The van der Waals surface area contributed by atoms with Gasteiger partial charge in [0.1, 0.15) is 5.75 Å². The molecule has 128 valence electrons. The number of aromatic hydroxyl groups is 1. The number of anilines is 1. The number of nitrogens with zero attached hydrogens (tertiary/aromatic N) is 1. The van der Waals surface area contributed by atoms with Crippen molar-refractivity contribution in [1.29, 1.82) is 0 Å². The second-order valence-electron chi connectivity index (χ2n) is 5.12. The van der Waals surface area contributed by atoms with Crippen LogP contribution in [0, 0.1) is 0 Å². The molecule has 1 saturated heterocycles. The van der Waals surface area contributed by atoms with E-state index in [4.69, 9.17) is 9.47 Å². The maximum absolute atomic E-state index is 12.6. The zero-order valence-electron chi connectivity index (χ0n) is 13.6. The van der Waals surface area contributed by atoms with Gasteiger partial charge in [-0.15, -0.1) is 0 Å². The van der Waals surface area contributed by atoms with E-state index in [2.05, 4.69) is 0 Å². The van der Waals surface area contributed by atoms with Gasteiger partial charge in [-0.05, 0) is 48.2 Å². The first-order chi connectivity index (χ1) is 12.0. The quantitative estimate of drug-likeness (QED) is 0.842. The summed E-state index contributed by atoms with van der Waals surface area (Å²) in [4.78, 5) is 26.3. The van der Waals surface area contributed by atoms with Crippen LogP contribution in [0.2, 0.25) is 0 Å². The minimum Gasteiger partial charge on any atom is -0.508 e. The summed E-state index contributed by atoms with van der Waals surface area (Å²) in [6, 6.07) is 11.2. The van der Waals surface area contributed by atoms with Crippen LogP contribution in [-0.2, 0) is 4.79 Å². The maximum atomic E-state index is 12.6. The molecule has 1 fully saturated rings. The summed E-state index contributed by atoms with van der Waals surface area (Å²) in [7, 11) is 3.04. The van der Waals surface area contributed by atoms with Crippen molar-refractivity contribution in [3.63, 3.8) is 0 Å². The van der Waals surface area contributed by atoms with E-state index in [0.717, 1.165) is 16.7 Å². The van der Waals surface area contributed by atoms with Crippen molar-refractivity contribution in [1.82, 2.24) is 0 Å². The number of ether oxygens (including phenoxy) is 2. The Morgan fingerprint density at radius 2 is 1.76 bits per heavy atom. The number of hydrogen-bond acceptors (Lipinski definition) is 6. The average Bonchev–Trinajstić information content (AvgIpc) is 2.89. The molecule has 0 saturated carbocycles. The van der Waals surface area contributed by atoms with Crippen molar-refractivity contribution in [2.45, 2.75) is 0 Å². The van der Waals surface area contributed by atoms with Gasteiger partial charge in [-0.2, -0.15) is 0 Å². The first kappa shape index (κ1) is 16.9. The number of imide groups is 1. The Balaban J connectivity index is 1.97. The Hall–Kier alpha value is -2.93. The molecule has 0 spiro atoms. The molecule has 25 heavy (non-hydrogen) atoms. The average molecular weight is 357 g/mol. The lowest BCUT2D eigenvalue weighted by Crippen LogP contribution is -2.27. The van der Waals surface area contributed by atoms with Crippen molar-refractivity contribution in [3.8, 4) is 17.2 Å². The second kappa shape index (κ2) is 6.90. The fraction of sp³-hybridized carbons (Fsp3) is 0.111. The number of phenols is 1. The third-order valence-corrected chi connectivity index (χ3v) is 4.49. The minimum atomic E-state index is -0.425. The molecule has 1 aliphatic heterocycles. The number of methoxy groups -OCH3 is 2. The number of thioether (sulfide) groups is 1. The standard InChI is InChI=1S/C18H15NO5S/c1-23-14-5-3-4-11(16(14)24-2)10-15-17(21)19(18(22)25-15)12-6-8-13(20)9-7-12/h3-10,20H,1-2H3/b15-10-. The van der Waals surface area contributed by atoms with Crippen LogP contribution in [0.25, 0.3) is 6.08 Å². The highest BCUT2D eigenvalue weighted by molar-refractivity contribution is 8.19. The molecule has 2 amide bonds. The molecule has 1 heterocycles. The predicted octanol–water partition coefficient (Wildman–Crippen LogP) is 3.65. The van der Waals surface area contributed by atoms with Crippen molar-refractivity contribution in [3.05, 3.63) is 52.9 Å². The second-order valence-corrected chi connectivity index (χ2v) is 6.11. The highest BCUT2D eigenvalue weighted by atomic mass is 32.2. The topological polar surface area (TPSA) is 76.1 Å². The summed E-state index contributed by atoms with van der Waals surface area (Å²) in [5, 5.41) is 8.96. The maximum Gasteiger partial charge on any atom is 0.298 e. The number of hydrogen-bond donors (Lipinski definition) is 1. The zero-order valence-corrected chi connectivity index (χ0v) is 14.4. The van der Waals surface area contributed by atoms with Crippen LogP contribution in [0.3, 0.4) is 0 Å². The fourth-order valence-corrected chi connectivity index (χ4v) is 3.29. The van der Waals surface area contributed by atoms with Crippen LogP contribution in [0.5, 0.6) is 17.2 Å². The van der Waals surface area contributed by atoms with E-state index in [1.165, 1.54) is 38.5 Å². The largest absolute Gasteiger partial charge is 0.508 e. The van der Waals surface area contributed by atoms with E-state index in [1.807, 2.05) is 0 Å². The molecule has 0 radical (unpaired) electrons. The van der Waals surface area contributed by atoms with Gasteiger partial charge in [0.25, 0.3) is 11.1 Å². The molecular formula is C18H15NO5S. The number of amides is 2. The minimum absolute atomic E-state index is 0.0624. The van der Waals surface area contributed by atoms with Gasteiger partial charge >= 0.3 is 0 Å². The van der Waals surface area contributed by atoms with Gasteiger partial charge in [-0.1, -0.05) is 12.1 Å². The van der Waals surface area contributed by atoms with Gasteiger partial charge < -0.3 is 14.6 Å². The van der Waals surface area contributed by atoms with Crippen LogP contribution in [0.15, 0.2) is 47.4 Å². The van der Waals surface area contributed by atoms with Gasteiger partial charge in [-0.25, -0.2) is 4.90 Å². The van der Waals surface area contributed by atoms with E-state index in [9.17, 15) is 14.7 Å². The molecule has 2 aromatic rings. The zero-order chi connectivity index (χ0) is 18.0. The van der Waals surface area contributed by atoms with E-state index in [1.54, 1.807) is 24.3 Å². The number of para-hydroxylation sites is 1. The molecule has 0 unspecified atom stereocenters. The SMILES string of the molecule is COc1cccc(/C=C2\SC(=O)N(c3ccc(O)cc3)C2=O)c1OC. The Morgan fingerprint density at radius 1 is 1.04 bits per heavy atom. The Kier molecular flexibility index (Phi) is 4.67. The summed E-state index contributed by atoms with van der Waals surface area (Å²) < 4.78 is 10.6. The summed E-state index contributed by atoms with van der Waals surface area (Å²) in [5.74, 6) is 0.661. The number of rotatable bonds is 4.